The molecule has 3 atom stereocenters. The maximum atomic E-state index is 10.0. The standard InChI is InChI=1S/C17H18N4O2/c1-14(9-12-7-5-4-6-8-12)15(10-18)13(20)21-17(22-2,23-3)16(14,15)11-19/h4-8H,9H2,1-3H3,(H2,20,21)/p+1/t14-,15-,16+/m0/s1. The molecule has 1 aromatic carbocycles. The highest BCUT2D eigenvalue weighted by atomic mass is 16.7. The number of nitrogens with zero attached hydrogens (tertiary/aromatic N) is 2. The molecule has 3 rings (SSSR count). The number of amidine groups is 1. The summed E-state index contributed by atoms with van der Waals surface area (Å²) in [5.74, 6) is -1.21. The summed E-state index contributed by atoms with van der Waals surface area (Å²) in [5.41, 5.74) is 4.05. The van der Waals surface area contributed by atoms with Gasteiger partial charge in [0.2, 0.25) is 0 Å². The van der Waals surface area contributed by atoms with Gasteiger partial charge in [-0.25, -0.2) is 4.99 Å². The van der Waals surface area contributed by atoms with E-state index in [0.717, 1.165) is 5.56 Å². The second kappa shape index (κ2) is 4.55. The third kappa shape index (κ3) is 1.33. The minimum Gasteiger partial charge on any atom is -0.317 e. The van der Waals surface area contributed by atoms with Crippen LogP contribution in [0.25, 0.3) is 0 Å². The fraction of sp³-hybridized carbons (Fsp3) is 0.471. The van der Waals surface area contributed by atoms with Gasteiger partial charge in [-0.05, 0) is 12.0 Å². The molecule has 0 radical (unpaired) electrons. The molecule has 3 N–H and O–H groups in total. The van der Waals surface area contributed by atoms with E-state index in [0.29, 0.717) is 6.42 Å². The number of hydrogen-bond donors (Lipinski definition) is 2. The van der Waals surface area contributed by atoms with Gasteiger partial charge in [0, 0.05) is 19.6 Å². The van der Waals surface area contributed by atoms with Gasteiger partial charge in [0.05, 0.1) is 12.1 Å². The van der Waals surface area contributed by atoms with E-state index in [4.69, 9.17) is 15.2 Å². The highest BCUT2D eigenvalue weighted by Crippen LogP contribution is 2.82. The van der Waals surface area contributed by atoms with Gasteiger partial charge in [-0.3, -0.25) is 5.73 Å². The van der Waals surface area contributed by atoms with Gasteiger partial charge >= 0.3 is 5.91 Å². The number of methoxy groups -OCH3 is 2. The monoisotopic (exact) mass is 311 g/mol. The van der Waals surface area contributed by atoms with E-state index < -0.39 is 22.2 Å². The van der Waals surface area contributed by atoms with Crippen molar-refractivity contribution in [1.29, 1.82) is 10.5 Å². The largest absolute Gasteiger partial charge is 0.342 e. The van der Waals surface area contributed by atoms with Crippen LogP contribution in [0.4, 0.5) is 0 Å². The third-order valence-electron chi connectivity index (χ3n) is 5.66. The van der Waals surface area contributed by atoms with E-state index in [-0.39, 0.29) is 5.84 Å². The molecule has 118 valence electrons. The van der Waals surface area contributed by atoms with Crippen LogP contribution in [0.2, 0.25) is 0 Å². The molecule has 2 aliphatic rings. The number of fused-ring (bicyclic) bond motifs is 1. The molecule has 1 aromatic rings. The number of rotatable bonds is 4. The summed E-state index contributed by atoms with van der Waals surface area (Å²) in [5, 5.41) is 19.9. The molecule has 1 saturated carbocycles. The molecule has 1 fully saturated rings. The minimum absolute atomic E-state index is 0.226. The van der Waals surface area contributed by atoms with E-state index in [2.05, 4.69) is 17.1 Å². The molecular formula is C17H19N4O2+. The molecule has 0 saturated heterocycles. The van der Waals surface area contributed by atoms with Crippen LogP contribution in [0.3, 0.4) is 0 Å². The molecule has 0 aromatic heterocycles. The first-order valence-corrected chi connectivity index (χ1v) is 7.33. The van der Waals surface area contributed by atoms with Crippen LogP contribution in [-0.2, 0) is 15.9 Å². The van der Waals surface area contributed by atoms with Gasteiger partial charge in [0.15, 0.2) is 10.8 Å². The third-order valence-corrected chi connectivity index (χ3v) is 5.66. The molecule has 6 nitrogen and oxygen atoms in total. The normalized spacial score (nSPS) is 36.5. The molecule has 23 heavy (non-hydrogen) atoms. The molecule has 1 heterocycles. The number of benzene rings is 1. The van der Waals surface area contributed by atoms with Crippen molar-refractivity contribution in [2.45, 2.75) is 19.3 Å². The first-order valence-electron chi connectivity index (χ1n) is 7.33. The second-order valence-corrected chi connectivity index (χ2v) is 6.28. The lowest BCUT2D eigenvalue weighted by atomic mass is 9.85. The van der Waals surface area contributed by atoms with Crippen molar-refractivity contribution in [3.05, 3.63) is 35.9 Å². The van der Waals surface area contributed by atoms with Crippen molar-refractivity contribution >= 4 is 5.84 Å². The predicted octanol–water partition coefficient (Wildman–Crippen LogP) is -0.333. The Morgan fingerprint density at radius 2 is 1.74 bits per heavy atom. The molecule has 0 bridgehead atoms. The fourth-order valence-electron chi connectivity index (χ4n) is 4.57. The van der Waals surface area contributed by atoms with Crippen molar-refractivity contribution < 1.29 is 14.5 Å². The Balaban J connectivity index is 2.19. The second-order valence-electron chi connectivity index (χ2n) is 6.28. The first-order chi connectivity index (χ1) is 10.9. The zero-order chi connectivity index (χ0) is 16.9. The SMILES string of the molecule is COC1(OC)[NH+]=C(N)[C@@]2(C#N)[C@](C)(Cc3ccccc3)[C@@]12C#N. The van der Waals surface area contributed by atoms with Crippen molar-refractivity contribution in [1.82, 2.24) is 0 Å². The smallest absolute Gasteiger partial charge is 0.317 e. The summed E-state index contributed by atoms with van der Waals surface area (Å²) >= 11 is 0. The first kappa shape index (κ1) is 15.5. The summed E-state index contributed by atoms with van der Waals surface area (Å²) in [7, 11) is 2.88. The summed E-state index contributed by atoms with van der Waals surface area (Å²) in [4.78, 5) is 2.90. The van der Waals surface area contributed by atoms with Crippen LogP contribution in [0.5, 0.6) is 0 Å². The van der Waals surface area contributed by atoms with Crippen LogP contribution in [0.1, 0.15) is 12.5 Å². The van der Waals surface area contributed by atoms with Gasteiger partial charge in [0.25, 0.3) is 5.84 Å². The molecule has 0 unspecified atom stereocenters. The number of ether oxygens (including phenoxy) is 2. The molecule has 1 aliphatic carbocycles. The fourth-order valence-corrected chi connectivity index (χ4v) is 4.57. The van der Waals surface area contributed by atoms with Crippen molar-refractivity contribution in [2.24, 2.45) is 22.0 Å². The quantitative estimate of drug-likeness (QED) is 0.740. The van der Waals surface area contributed by atoms with E-state index >= 15 is 0 Å². The highest BCUT2D eigenvalue weighted by molar-refractivity contribution is 5.94. The highest BCUT2D eigenvalue weighted by Gasteiger charge is 3.02. The lowest BCUT2D eigenvalue weighted by Crippen LogP contribution is -2.91. The molecule has 6 heteroatoms. The summed E-state index contributed by atoms with van der Waals surface area (Å²) in [6.45, 7) is 1.90. The average Bonchev–Trinajstić information content (AvgIpc) is 2.94. The van der Waals surface area contributed by atoms with Crippen LogP contribution in [0.15, 0.2) is 30.3 Å². The van der Waals surface area contributed by atoms with Crippen LogP contribution in [0, 0.1) is 38.9 Å². The number of nitrogens with one attached hydrogen (secondary N) is 1. The van der Waals surface area contributed by atoms with Gasteiger partial charge in [0.1, 0.15) is 0 Å². The van der Waals surface area contributed by atoms with Gasteiger partial charge < -0.3 is 9.47 Å². The average molecular weight is 311 g/mol. The van der Waals surface area contributed by atoms with Crippen LogP contribution in [-0.4, -0.2) is 26.0 Å². The molecular weight excluding hydrogens is 292 g/mol. The topological polar surface area (TPSA) is 106 Å². The van der Waals surface area contributed by atoms with Crippen LogP contribution >= 0.6 is 0 Å². The maximum Gasteiger partial charge on any atom is 0.342 e. The van der Waals surface area contributed by atoms with Gasteiger partial charge in [-0.1, -0.05) is 37.3 Å². The molecule has 0 amide bonds. The van der Waals surface area contributed by atoms with E-state index in [1.807, 2.05) is 37.3 Å². The van der Waals surface area contributed by atoms with Gasteiger partial charge in [-0.2, -0.15) is 10.5 Å². The summed E-state index contributed by atoms with van der Waals surface area (Å²) < 4.78 is 11.0. The molecule has 1 aliphatic heterocycles. The van der Waals surface area contributed by atoms with E-state index in [1.54, 1.807) is 0 Å². The maximum absolute atomic E-state index is 10.0. The predicted molar refractivity (Wildman–Crippen MR) is 81.3 cm³/mol. The van der Waals surface area contributed by atoms with Crippen LogP contribution < -0.4 is 10.7 Å². The lowest BCUT2D eigenvalue weighted by Gasteiger charge is -2.29. The summed E-state index contributed by atoms with van der Waals surface area (Å²) in [6, 6.07) is 14.3. The van der Waals surface area contributed by atoms with Crippen molar-refractivity contribution in [3.8, 4) is 12.1 Å². The van der Waals surface area contributed by atoms with E-state index in [1.165, 1.54) is 14.2 Å². The van der Waals surface area contributed by atoms with Crippen molar-refractivity contribution in [3.63, 3.8) is 0 Å². The number of nitrogens with two attached hydrogens (primary N) is 1. The van der Waals surface area contributed by atoms with Gasteiger partial charge in [-0.15, -0.1) is 0 Å². The number of hydrogen-bond acceptors (Lipinski definition) is 5. The van der Waals surface area contributed by atoms with E-state index in [9.17, 15) is 10.5 Å². The zero-order valence-electron chi connectivity index (χ0n) is 13.4. The Hall–Kier alpha value is -2.41. The Morgan fingerprint density at radius 1 is 1.13 bits per heavy atom. The van der Waals surface area contributed by atoms with Crippen molar-refractivity contribution in [2.75, 3.05) is 14.2 Å². The lowest BCUT2D eigenvalue weighted by molar-refractivity contribution is -0.689. The molecule has 0 spiro atoms. The Labute approximate surface area is 135 Å². The minimum atomic E-state index is -1.44. The zero-order valence-corrected chi connectivity index (χ0v) is 13.4. The Bertz CT molecular complexity index is 759. The Kier molecular flexibility index (Phi) is 3.06. The summed E-state index contributed by atoms with van der Waals surface area (Å²) in [6.07, 6.45) is 0.520. The Morgan fingerprint density at radius 3 is 2.22 bits per heavy atom. The number of nitriles is 2.